The topological polar surface area (TPSA) is 75.5 Å². The van der Waals surface area contributed by atoms with Gasteiger partial charge < -0.3 is 15.8 Å². The van der Waals surface area contributed by atoms with E-state index in [4.69, 9.17) is 16.7 Å². The maximum Gasteiger partial charge on any atom is 0.0784 e. The molecule has 0 atom stereocenters. The first-order valence-electron chi connectivity index (χ1n) is 4.78. The first kappa shape index (κ1) is 12.3. The molecule has 0 aliphatic heterocycles. The summed E-state index contributed by atoms with van der Waals surface area (Å²) in [6.45, 7) is 4.11. The SMILES string of the molecule is CC.N/C=C\N(N)C1(CO)CCC1. The van der Waals surface area contributed by atoms with E-state index in [1.165, 1.54) is 11.2 Å². The molecule has 0 aromatic carbocycles. The zero-order chi connectivity index (χ0) is 10.3. The normalized spacial score (nSPS) is 18.8. The number of hydrogen-bond donors (Lipinski definition) is 3. The Labute approximate surface area is 80.2 Å². The molecule has 1 aliphatic carbocycles. The number of rotatable bonds is 3. The largest absolute Gasteiger partial charge is 0.403 e. The molecular weight excluding hydrogens is 166 g/mol. The highest BCUT2D eigenvalue weighted by Gasteiger charge is 2.39. The van der Waals surface area contributed by atoms with Crippen LogP contribution in [0.2, 0.25) is 0 Å². The lowest BCUT2D eigenvalue weighted by molar-refractivity contribution is 0.000498. The minimum Gasteiger partial charge on any atom is -0.403 e. The van der Waals surface area contributed by atoms with Crippen LogP contribution in [0.15, 0.2) is 12.4 Å². The quantitative estimate of drug-likeness (QED) is 0.445. The Kier molecular flexibility index (Phi) is 5.50. The minimum atomic E-state index is -0.226. The van der Waals surface area contributed by atoms with Gasteiger partial charge in [0.25, 0.3) is 0 Å². The van der Waals surface area contributed by atoms with Gasteiger partial charge in [-0.3, -0.25) is 0 Å². The first-order valence-corrected chi connectivity index (χ1v) is 4.78. The van der Waals surface area contributed by atoms with E-state index in [0.29, 0.717) is 0 Å². The molecule has 13 heavy (non-hydrogen) atoms. The van der Waals surface area contributed by atoms with E-state index in [1.807, 2.05) is 13.8 Å². The van der Waals surface area contributed by atoms with Crippen LogP contribution in [0, 0.1) is 0 Å². The molecule has 0 aromatic rings. The fourth-order valence-corrected chi connectivity index (χ4v) is 1.33. The Hall–Kier alpha value is -0.740. The van der Waals surface area contributed by atoms with E-state index in [-0.39, 0.29) is 12.1 Å². The summed E-state index contributed by atoms with van der Waals surface area (Å²) >= 11 is 0. The molecular formula is C9H21N3O. The van der Waals surface area contributed by atoms with Gasteiger partial charge in [0.2, 0.25) is 0 Å². The van der Waals surface area contributed by atoms with E-state index in [0.717, 1.165) is 19.3 Å². The van der Waals surface area contributed by atoms with Crippen molar-refractivity contribution in [2.24, 2.45) is 11.6 Å². The second kappa shape index (κ2) is 5.83. The van der Waals surface area contributed by atoms with Crippen molar-refractivity contribution in [3.63, 3.8) is 0 Å². The molecule has 0 bridgehead atoms. The van der Waals surface area contributed by atoms with Gasteiger partial charge in [0.05, 0.1) is 12.1 Å². The third-order valence-electron chi connectivity index (χ3n) is 2.37. The number of nitrogens with two attached hydrogens (primary N) is 2. The maximum absolute atomic E-state index is 9.04. The summed E-state index contributed by atoms with van der Waals surface area (Å²) in [4.78, 5) is 0. The van der Waals surface area contributed by atoms with Crippen LogP contribution in [-0.4, -0.2) is 22.3 Å². The Morgan fingerprint density at radius 2 is 2.00 bits per heavy atom. The molecule has 0 heterocycles. The molecule has 1 aliphatic rings. The van der Waals surface area contributed by atoms with Gasteiger partial charge in [0.15, 0.2) is 0 Å². The van der Waals surface area contributed by atoms with E-state index in [1.54, 1.807) is 6.20 Å². The molecule has 0 spiro atoms. The van der Waals surface area contributed by atoms with Gasteiger partial charge in [-0.1, -0.05) is 13.8 Å². The van der Waals surface area contributed by atoms with Gasteiger partial charge in [-0.2, -0.15) is 0 Å². The average molecular weight is 187 g/mol. The molecule has 5 N–H and O–H groups in total. The number of aliphatic hydroxyl groups excluding tert-OH is 1. The second-order valence-electron chi connectivity index (χ2n) is 2.98. The minimum absolute atomic E-state index is 0.105. The molecule has 0 saturated heterocycles. The summed E-state index contributed by atoms with van der Waals surface area (Å²) in [6.07, 6.45) is 6.01. The van der Waals surface area contributed by atoms with Crippen LogP contribution in [0.1, 0.15) is 33.1 Å². The van der Waals surface area contributed by atoms with Crippen LogP contribution < -0.4 is 11.6 Å². The fourth-order valence-electron chi connectivity index (χ4n) is 1.33. The molecule has 0 aromatic heterocycles. The number of hydrazine groups is 1. The van der Waals surface area contributed by atoms with Crippen molar-refractivity contribution in [1.29, 1.82) is 0 Å². The van der Waals surface area contributed by atoms with Crippen LogP contribution in [0.4, 0.5) is 0 Å². The lowest BCUT2D eigenvalue weighted by atomic mass is 9.77. The number of nitrogens with zero attached hydrogens (tertiary/aromatic N) is 1. The highest BCUT2D eigenvalue weighted by atomic mass is 16.3. The van der Waals surface area contributed by atoms with Gasteiger partial charge in [-0.05, 0) is 19.3 Å². The molecule has 1 fully saturated rings. The van der Waals surface area contributed by atoms with Crippen molar-refractivity contribution < 1.29 is 5.11 Å². The van der Waals surface area contributed by atoms with Crippen LogP contribution >= 0.6 is 0 Å². The van der Waals surface area contributed by atoms with Gasteiger partial charge in [0.1, 0.15) is 0 Å². The molecule has 0 unspecified atom stereocenters. The van der Waals surface area contributed by atoms with E-state index >= 15 is 0 Å². The van der Waals surface area contributed by atoms with Crippen molar-refractivity contribution in [2.45, 2.75) is 38.6 Å². The number of aliphatic hydroxyl groups is 1. The van der Waals surface area contributed by atoms with Gasteiger partial charge in [-0.15, -0.1) is 0 Å². The van der Waals surface area contributed by atoms with Crippen molar-refractivity contribution in [2.75, 3.05) is 6.61 Å². The van der Waals surface area contributed by atoms with E-state index in [9.17, 15) is 0 Å². The molecule has 1 saturated carbocycles. The van der Waals surface area contributed by atoms with Crippen molar-refractivity contribution in [3.05, 3.63) is 12.4 Å². The van der Waals surface area contributed by atoms with Gasteiger partial charge in [-0.25, -0.2) is 5.84 Å². The van der Waals surface area contributed by atoms with E-state index < -0.39 is 0 Å². The Morgan fingerprint density at radius 3 is 2.23 bits per heavy atom. The summed E-state index contributed by atoms with van der Waals surface area (Å²) in [6, 6.07) is 0. The highest BCUT2D eigenvalue weighted by Crippen LogP contribution is 2.35. The molecule has 4 nitrogen and oxygen atoms in total. The standard InChI is InChI=1S/C7H15N3O.C2H6/c8-4-5-10(9)7(6-11)2-1-3-7;1-2/h4-5,11H,1-3,6,8-9H2;1-2H3/b5-4-;. The van der Waals surface area contributed by atoms with Crippen LogP contribution in [0.25, 0.3) is 0 Å². The summed E-state index contributed by atoms with van der Waals surface area (Å²) < 4.78 is 0. The van der Waals surface area contributed by atoms with Crippen molar-refractivity contribution >= 4 is 0 Å². The number of hydrogen-bond acceptors (Lipinski definition) is 4. The molecule has 0 radical (unpaired) electrons. The summed E-state index contributed by atoms with van der Waals surface area (Å²) in [7, 11) is 0. The summed E-state index contributed by atoms with van der Waals surface area (Å²) in [5, 5.41) is 10.5. The monoisotopic (exact) mass is 187 g/mol. The molecule has 1 rings (SSSR count). The van der Waals surface area contributed by atoms with Crippen molar-refractivity contribution in [3.8, 4) is 0 Å². The Bertz CT molecular complexity index is 149. The Balaban J connectivity index is 0.000000671. The Morgan fingerprint density at radius 1 is 1.46 bits per heavy atom. The maximum atomic E-state index is 9.04. The molecule has 4 heteroatoms. The predicted molar refractivity (Wildman–Crippen MR) is 54.4 cm³/mol. The van der Waals surface area contributed by atoms with Crippen LogP contribution in [-0.2, 0) is 0 Å². The average Bonchev–Trinajstić information content (AvgIpc) is 2.07. The third-order valence-corrected chi connectivity index (χ3v) is 2.37. The summed E-state index contributed by atoms with van der Waals surface area (Å²) in [5.41, 5.74) is 4.95. The summed E-state index contributed by atoms with van der Waals surface area (Å²) in [5.74, 6) is 5.64. The lowest BCUT2D eigenvalue weighted by Gasteiger charge is -2.46. The zero-order valence-electron chi connectivity index (χ0n) is 8.53. The van der Waals surface area contributed by atoms with Crippen molar-refractivity contribution in [1.82, 2.24) is 5.01 Å². The first-order chi connectivity index (χ1) is 6.25. The lowest BCUT2D eigenvalue weighted by Crippen LogP contribution is -2.57. The van der Waals surface area contributed by atoms with Crippen LogP contribution in [0.5, 0.6) is 0 Å². The van der Waals surface area contributed by atoms with Gasteiger partial charge in [0, 0.05) is 12.4 Å². The fraction of sp³-hybridized carbons (Fsp3) is 0.778. The van der Waals surface area contributed by atoms with Crippen LogP contribution in [0.3, 0.4) is 0 Å². The van der Waals surface area contributed by atoms with E-state index in [2.05, 4.69) is 0 Å². The highest BCUT2D eigenvalue weighted by molar-refractivity contribution is 4.99. The zero-order valence-corrected chi connectivity index (χ0v) is 8.53. The smallest absolute Gasteiger partial charge is 0.0784 e. The predicted octanol–water partition coefficient (Wildman–Crippen LogP) is 0.533. The molecule has 0 amide bonds. The van der Waals surface area contributed by atoms with Gasteiger partial charge >= 0.3 is 0 Å². The molecule has 78 valence electrons. The second-order valence-corrected chi connectivity index (χ2v) is 2.98. The third kappa shape index (κ3) is 2.60.